The van der Waals surface area contributed by atoms with Crippen molar-refractivity contribution in [1.29, 1.82) is 0 Å². The SMILES string of the molecule is c1cc2c(c(-c3ccc(N(c4ccc5c(c4)oc4ccccc45)c4ccc5c(c4)oc4ccccc45)cc3)c1)-n1c3ccccc3c3cccc(c31)O2. The van der Waals surface area contributed by atoms with Crippen LogP contribution in [0.15, 0.2) is 179 Å². The number of anilines is 3. The van der Waals surface area contributed by atoms with Gasteiger partial charge in [0.1, 0.15) is 22.3 Å². The Morgan fingerprint density at radius 3 is 1.64 bits per heavy atom. The molecule has 5 nitrogen and oxygen atoms in total. The number of fused-ring (bicyclic) bond motifs is 11. The van der Waals surface area contributed by atoms with Gasteiger partial charge >= 0.3 is 0 Å². The van der Waals surface area contributed by atoms with Crippen molar-refractivity contribution < 1.29 is 13.6 Å². The summed E-state index contributed by atoms with van der Waals surface area (Å²) in [7, 11) is 0. The van der Waals surface area contributed by atoms with Gasteiger partial charge in [-0.05, 0) is 72.3 Å². The number of rotatable bonds is 4. The summed E-state index contributed by atoms with van der Waals surface area (Å²) in [5.41, 5.74) is 11.9. The van der Waals surface area contributed by atoms with E-state index in [4.69, 9.17) is 13.6 Å². The van der Waals surface area contributed by atoms with Crippen molar-refractivity contribution in [2.24, 2.45) is 0 Å². The van der Waals surface area contributed by atoms with E-state index < -0.39 is 0 Å². The molecule has 0 amide bonds. The summed E-state index contributed by atoms with van der Waals surface area (Å²) in [6.45, 7) is 0. The zero-order valence-corrected chi connectivity index (χ0v) is 28.3. The number of benzene rings is 8. The van der Waals surface area contributed by atoms with Crippen molar-refractivity contribution in [2.45, 2.75) is 0 Å². The molecule has 0 unspecified atom stereocenters. The smallest absolute Gasteiger partial charge is 0.152 e. The standard InChI is InChI=1S/C48H28N2O3/c1-4-14-40-34(9-1)39-13-8-18-44-48(39)50(40)47-33(12-7-17-43(47)53-44)29-19-21-30(22-20-29)49(31-23-25-37-35-10-2-5-15-41(35)51-45(37)27-31)32-24-26-38-36-11-3-6-16-42(36)52-46(38)28-32/h1-28H. The molecule has 0 aliphatic carbocycles. The fraction of sp³-hybridized carbons (Fsp3) is 0. The summed E-state index contributed by atoms with van der Waals surface area (Å²) < 4.78 is 21.7. The third-order valence-corrected chi connectivity index (χ3v) is 10.8. The third kappa shape index (κ3) is 4.07. The summed E-state index contributed by atoms with van der Waals surface area (Å²) in [6.07, 6.45) is 0. The van der Waals surface area contributed by atoms with Crippen molar-refractivity contribution in [3.63, 3.8) is 0 Å². The molecule has 0 fully saturated rings. The summed E-state index contributed by atoms with van der Waals surface area (Å²) in [6, 6.07) is 59.4. The highest BCUT2D eigenvalue weighted by Crippen LogP contribution is 2.49. The van der Waals surface area contributed by atoms with Gasteiger partial charge in [-0.25, -0.2) is 0 Å². The van der Waals surface area contributed by atoms with Crippen LogP contribution in [0.2, 0.25) is 0 Å². The largest absolute Gasteiger partial charge is 0.456 e. The van der Waals surface area contributed by atoms with Crippen molar-refractivity contribution in [3.05, 3.63) is 170 Å². The highest BCUT2D eigenvalue weighted by atomic mass is 16.5. The summed E-state index contributed by atoms with van der Waals surface area (Å²) in [5, 5.41) is 6.81. The molecule has 53 heavy (non-hydrogen) atoms. The average Bonchev–Trinajstić information content (AvgIpc) is 3.88. The Kier molecular flexibility index (Phi) is 5.71. The summed E-state index contributed by atoms with van der Waals surface area (Å²) >= 11 is 0. The van der Waals surface area contributed by atoms with E-state index in [1.54, 1.807) is 0 Å². The van der Waals surface area contributed by atoms with Gasteiger partial charge < -0.3 is 23.0 Å². The van der Waals surface area contributed by atoms with Crippen LogP contribution in [0.3, 0.4) is 0 Å². The van der Waals surface area contributed by atoms with Gasteiger partial charge in [0.05, 0.1) is 16.7 Å². The van der Waals surface area contributed by atoms with Crippen molar-refractivity contribution in [2.75, 3.05) is 4.90 Å². The lowest BCUT2D eigenvalue weighted by molar-refractivity contribution is 0.477. The number of aromatic nitrogens is 1. The monoisotopic (exact) mass is 680 g/mol. The fourth-order valence-corrected chi connectivity index (χ4v) is 8.43. The van der Waals surface area contributed by atoms with Crippen LogP contribution in [-0.2, 0) is 0 Å². The molecular formula is C48H28N2O3. The van der Waals surface area contributed by atoms with Crippen molar-refractivity contribution in [1.82, 2.24) is 4.57 Å². The van der Waals surface area contributed by atoms with E-state index in [1.807, 2.05) is 24.3 Å². The number of furan rings is 2. The Morgan fingerprint density at radius 2 is 0.943 bits per heavy atom. The van der Waals surface area contributed by atoms with Gasteiger partial charge in [0.25, 0.3) is 0 Å². The molecular weight excluding hydrogens is 653 g/mol. The zero-order chi connectivity index (χ0) is 34.6. The van der Waals surface area contributed by atoms with Gasteiger partial charge in [0, 0.05) is 67.1 Å². The van der Waals surface area contributed by atoms with Crippen molar-refractivity contribution >= 4 is 82.7 Å². The second kappa shape index (κ2) is 10.6. The minimum atomic E-state index is 0.841. The van der Waals surface area contributed by atoms with E-state index in [0.29, 0.717) is 0 Å². The average molecular weight is 681 g/mol. The van der Waals surface area contributed by atoms with E-state index >= 15 is 0 Å². The van der Waals surface area contributed by atoms with Gasteiger partial charge in [-0.1, -0.05) is 91.0 Å². The first-order chi connectivity index (χ1) is 26.3. The molecule has 11 aromatic rings. The van der Waals surface area contributed by atoms with Crippen LogP contribution >= 0.6 is 0 Å². The van der Waals surface area contributed by atoms with E-state index in [9.17, 15) is 0 Å². The molecule has 1 aliphatic rings. The van der Waals surface area contributed by atoms with Crippen LogP contribution in [0.4, 0.5) is 17.1 Å². The second-order valence-corrected chi connectivity index (χ2v) is 13.7. The first-order valence-electron chi connectivity index (χ1n) is 17.8. The van der Waals surface area contributed by atoms with Crippen LogP contribution < -0.4 is 9.64 Å². The van der Waals surface area contributed by atoms with E-state index in [0.717, 1.165) is 100 Å². The molecule has 0 atom stereocenters. The number of hydrogen-bond acceptors (Lipinski definition) is 4. The van der Waals surface area contributed by atoms with Crippen LogP contribution in [0.25, 0.3) is 82.5 Å². The van der Waals surface area contributed by atoms with Crippen molar-refractivity contribution in [3.8, 4) is 28.3 Å². The van der Waals surface area contributed by atoms with Crippen LogP contribution in [0.5, 0.6) is 11.5 Å². The lowest BCUT2D eigenvalue weighted by Crippen LogP contribution is -2.10. The molecule has 1 aliphatic heterocycles. The van der Waals surface area contributed by atoms with Gasteiger partial charge in [0.2, 0.25) is 0 Å². The fourth-order valence-electron chi connectivity index (χ4n) is 8.43. The number of para-hydroxylation sites is 5. The predicted molar refractivity (Wildman–Crippen MR) is 216 cm³/mol. The van der Waals surface area contributed by atoms with Gasteiger partial charge in [-0.2, -0.15) is 0 Å². The molecule has 0 bridgehead atoms. The third-order valence-electron chi connectivity index (χ3n) is 10.8. The Labute approximate surface area is 303 Å². The van der Waals surface area contributed by atoms with Gasteiger partial charge in [-0.15, -0.1) is 0 Å². The highest BCUT2D eigenvalue weighted by molar-refractivity contribution is 6.13. The quantitative estimate of drug-likeness (QED) is 0.186. The van der Waals surface area contributed by atoms with Gasteiger partial charge in [0.15, 0.2) is 11.5 Å². The molecule has 8 aromatic carbocycles. The Bertz CT molecular complexity index is 3160. The molecule has 0 N–H and O–H groups in total. The van der Waals surface area contributed by atoms with E-state index in [-0.39, 0.29) is 0 Å². The maximum atomic E-state index is 6.59. The summed E-state index contributed by atoms with van der Waals surface area (Å²) in [5.74, 6) is 1.71. The zero-order valence-electron chi connectivity index (χ0n) is 28.3. The molecule has 0 saturated carbocycles. The molecule has 3 aromatic heterocycles. The minimum Gasteiger partial charge on any atom is -0.456 e. The predicted octanol–water partition coefficient (Wildman–Crippen LogP) is 13.8. The first-order valence-corrected chi connectivity index (χ1v) is 17.8. The Balaban J connectivity index is 1.03. The van der Waals surface area contributed by atoms with Crippen LogP contribution in [0, 0.1) is 0 Å². The Morgan fingerprint density at radius 1 is 0.396 bits per heavy atom. The highest BCUT2D eigenvalue weighted by Gasteiger charge is 2.26. The maximum absolute atomic E-state index is 6.59. The lowest BCUT2D eigenvalue weighted by Gasteiger charge is -2.26. The van der Waals surface area contributed by atoms with E-state index in [2.05, 4.69) is 155 Å². The minimum absolute atomic E-state index is 0.841. The van der Waals surface area contributed by atoms with Gasteiger partial charge in [-0.3, -0.25) is 0 Å². The topological polar surface area (TPSA) is 43.7 Å². The second-order valence-electron chi connectivity index (χ2n) is 13.7. The number of ether oxygens (including phenoxy) is 1. The normalized spacial score (nSPS) is 12.3. The molecule has 248 valence electrons. The van der Waals surface area contributed by atoms with E-state index in [1.165, 1.54) is 10.8 Å². The maximum Gasteiger partial charge on any atom is 0.152 e. The molecule has 4 heterocycles. The molecule has 5 heteroatoms. The lowest BCUT2D eigenvalue weighted by atomic mass is 10.0. The van der Waals surface area contributed by atoms with Crippen LogP contribution in [0.1, 0.15) is 0 Å². The molecule has 0 spiro atoms. The van der Waals surface area contributed by atoms with Crippen LogP contribution in [-0.4, -0.2) is 4.57 Å². The molecule has 0 radical (unpaired) electrons. The summed E-state index contributed by atoms with van der Waals surface area (Å²) in [4.78, 5) is 2.27. The Hall–Kier alpha value is -7.24. The number of hydrogen-bond donors (Lipinski definition) is 0. The number of nitrogens with zero attached hydrogens (tertiary/aromatic N) is 2. The molecule has 12 rings (SSSR count). The molecule has 0 saturated heterocycles. The first kappa shape index (κ1) is 28.5.